The first kappa shape index (κ1) is 18.9. The number of nitrogens with zero attached hydrogens (tertiary/aromatic N) is 2. The summed E-state index contributed by atoms with van der Waals surface area (Å²) in [5, 5.41) is 3.15. The molecule has 0 saturated carbocycles. The number of methoxy groups -OCH3 is 1. The van der Waals surface area contributed by atoms with Crippen LogP contribution in [-0.4, -0.2) is 41.5 Å². The number of ether oxygens (including phenoxy) is 1. The zero-order chi connectivity index (χ0) is 19.2. The molecule has 27 heavy (non-hydrogen) atoms. The van der Waals surface area contributed by atoms with Crippen LogP contribution in [0.25, 0.3) is 0 Å². The number of pyridine rings is 1. The van der Waals surface area contributed by atoms with E-state index in [0.717, 1.165) is 31.5 Å². The number of carbonyl (C=O) groups excluding carboxylic acids is 2. The molecule has 1 fully saturated rings. The van der Waals surface area contributed by atoms with Gasteiger partial charge in [0.15, 0.2) is 0 Å². The first-order valence-electron chi connectivity index (χ1n) is 9.34. The molecule has 1 N–H and O–H groups in total. The third-order valence-corrected chi connectivity index (χ3v) is 4.93. The molecule has 0 spiro atoms. The fourth-order valence-corrected chi connectivity index (χ4v) is 3.44. The number of aromatic nitrogens is 1. The number of esters is 1. The smallest absolute Gasteiger partial charge is 0.337 e. The largest absolute Gasteiger partial charge is 0.465 e. The van der Waals surface area contributed by atoms with Gasteiger partial charge < -0.3 is 15.0 Å². The van der Waals surface area contributed by atoms with Crippen molar-refractivity contribution in [1.29, 1.82) is 0 Å². The molecule has 2 aromatic rings. The summed E-state index contributed by atoms with van der Waals surface area (Å²) in [6.07, 6.45) is 5.91. The van der Waals surface area contributed by atoms with Crippen molar-refractivity contribution in [1.82, 2.24) is 9.88 Å². The van der Waals surface area contributed by atoms with E-state index in [1.165, 1.54) is 13.5 Å². The molecule has 6 heteroatoms. The van der Waals surface area contributed by atoms with E-state index in [9.17, 15) is 9.59 Å². The number of likely N-dealkylation sites (tertiary alicyclic amines) is 1. The van der Waals surface area contributed by atoms with Crippen LogP contribution in [0.4, 0.5) is 11.5 Å². The Morgan fingerprint density at radius 3 is 2.78 bits per heavy atom. The second kappa shape index (κ2) is 8.66. The Bertz CT molecular complexity index is 805. The van der Waals surface area contributed by atoms with Crippen LogP contribution in [0, 0.1) is 0 Å². The van der Waals surface area contributed by atoms with Gasteiger partial charge >= 0.3 is 5.97 Å². The molecule has 1 aromatic heterocycles. The van der Waals surface area contributed by atoms with Gasteiger partial charge in [0.2, 0.25) is 0 Å². The Hall–Kier alpha value is -2.89. The van der Waals surface area contributed by atoms with Gasteiger partial charge in [0.25, 0.3) is 5.91 Å². The molecular formula is C21H25N3O3. The summed E-state index contributed by atoms with van der Waals surface area (Å²) in [6, 6.07) is 10.9. The van der Waals surface area contributed by atoms with Crippen molar-refractivity contribution in [3.63, 3.8) is 0 Å². The minimum atomic E-state index is -0.389. The predicted molar refractivity (Wildman–Crippen MR) is 104 cm³/mol. The molecule has 1 saturated heterocycles. The van der Waals surface area contributed by atoms with Gasteiger partial charge in [-0.25, -0.2) is 9.78 Å². The van der Waals surface area contributed by atoms with Gasteiger partial charge in [0.1, 0.15) is 5.82 Å². The number of carbonyl (C=O) groups is 2. The summed E-state index contributed by atoms with van der Waals surface area (Å²) in [4.78, 5) is 30.8. The predicted octanol–water partition coefficient (Wildman–Crippen LogP) is 4.02. The van der Waals surface area contributed by atoms with Gasteiger partial charge in [0.05, 0.1) is 18.2 Å². The van der Waals surface area contributed by atoms with E-state index in [2.05, 4.69) is 17.2 Å². The van der Waals surface area contributed by atoms with Gasteiger partial charge in [-0.1, -0.05) is 13.0 Å². The lowest BCUT2D eigenvalue weighted by Crippen LogP contribution is -2.43. The zero-order valence-electron chi connectivity index (χ0n) is 15.8. The highest BCUT2D eigenvalue weighted by atomic mass is 16.5. The van der Waals surface area contributed by atoms with Crippen molar-refractivity contribution in [2.24, 2.45) is 0 Å². The monoisotopic (exact) mass is 367 g/mol. The summed E-state index contributed by atoms with van der Waals surface area (Å²) in [7, 11) is 1.35. The van der Waals surface area contributed by atoms with Crippen LogP contribution in [0.15, 0.2) is 42.6 Å². The first-order valence-corrected chi connectivity index (χ1v) is 9.34. The molecule has 142 valence electrons. The highest BCUT2D eigenvalue weighted by Crippen LogP contribution is 2.22. The highest BCUT2D eigenvalue weighted by Gasteiger charge is 2.26. The van der Waals surface area contributed by atoms with Crippen molar-refractivity contribution in [2.75, 3.05) is 19.0 Å². The first-order chi connectivity index (χ1) is 13.1. The maximum Gasteiger partial charge on any atom is 0.337 e. The third kappa shape index (κ3) is 4.45. The van der Waals surface area contributed by atoms with E-state index in [-0.39, 0.29) is 11.9 Å². The van der Waals surface area contributed by atoms with Gasteiger partial charge in [-0.3, -0.25) is 4.79 Å². The van der Waals surface area contributed by atoms with E-state index in [0.29, 0.717) is 23.0 Å². The molecule has 0 radical (unpaired) electrons. The Balaban J connectivity index is 1.70. The normalized spacial score (nSPS) is 16.7. The number of rotatable bonds is 5. The van der Waals surface area contributed by atoms with Crippen molar-refractivity contribution < 1.29 is 14.3 Å². The Labute approximate surface area is 159 Å². The average molecular weight is 367 g/mol. The van der Waals surface area contributed by atoms with Crippen LogP contribution in [0.5, 0.6) is 0 Å². The molecule has 1 amide bonds. The number of piperidine rings is 1. The van der Waals surface area contributed by atoms with Crippen LogP contribution in [-0.2, 0) is 4.74 Å². The number of nitrogens with one attached hydrogen (secondary N) is 1. The molecule has 0 aliphatic carbocycles. The minimum absolute atomic E-state index is 0.0493. The molecule has 1 aromatic carbocycles. The van der Waals surface area contributed by atoms with Crippen LogP contribution in [0.3, 0.4) is 0 Å². The van der Waals surface area contributed by atoms with Crippen molar-refractivity contribution in [3.05, 3.63) is 53.7 Å². The van der Waals surface area contributed by atoms with E-state index >= 15 is 0 Å². The van der Waals surface area contributed by atoms with Crippen molar-refractivity contribution in [2.45, 2.75) is 38.6 Å². The van der Waals surface area contributed by atoms with E-state index in [1.807, 2.05) is 11.0 Å². The van der Waals surface area contributed by atoms with Crippen LogP contribution < -0.4 is 5.32 Å². The van der Waals surface area contributed by atoms with E-state index in [4.69, 9.17) is 4.74 Å². The molecule has 1 aliphatic rings. The maximum atomic E-state index is 12.8. The van der Waals surface area contributed by atoms with Crippen molar-refractivity contribution in [3.8, 4) is 0 Å². The average Bonchev–Trinajstić information content (AvgIpc) is 2.73. The molecule has 3 rings (SSSR count). The fraction of sp³-hybridized carbons (Fsp3) is 0.381. The summed E-state index contributed by atoms with van der Waals surface area (Å²) in [6.45, 7) is 2.95. The molecular weight excluding hydrogens is 342 g/mol. The van der Waals surface area contributed by atoms with Crippen LogP contribution in [0.2, 0.25) is 0 Å². The second-order valence-corrected chi connectivity index (χ2v) is 6.69. The quantitative estimate of drug-likeness (QED) is 0.808. The number of amides is 1. The van der Waals surface area contributed by atoms with Crippen LogP contribution >= 0.6 is 0 Å². The standard InChI is InChI=1S/C21H25N3O3/c1-3-18-9-4-5-12-24(18)20(25)16-10-11-19(22-14-16)23-17-8-6-7-15(13-17)21(26)27-2/h6-8,10-11,13-14,18H,3-5,9,12H2,1-2H3,(H,22,23). The number of anilines is 2. The van der Waals surface area contributed by atoms with Crippen LogP contribution in [0.1, 0.15) is 53.3 Å². The highest BCUT2D eigenvalue weighted by molar-refractivity contribution is 5.94. The van der Waals surface area contributed by atoms with Gasteiger partial charge in [-0.15, -0.1) is 0 Å². The number of hydrogen-bond acceptors (Lipinski definition) is 5. The van der Waals surface area contributed by atoms with Gasteiger partial charge in [-0.2, -0.15) is 0 Å². The molecule has 1 unspecified atom stereocenters. The molecule has 1 aliphatic heterocycles. The SMILES string of the molecule is CCC1CCCCN1C(=O)c1ccc(Nc2cccc(C(=O)OC)c2)nc1. The minimum Gasteiger partial charge on any atom is -0.465 e. The number of benzene rings is 1. The second-order valence-electron chi connectivity index (χ2n) is 6.69. The lowest BCUT2D eigenvalue weighted by molar-refractivity contribution is 0.0595. The van der Waals surface area contributed by atoms with Gasteiger partial charge in [-0.05, 0) is 56.0 Å². The molecule has 1 atom stereocenters. The molecule has 0 bridgehead atoms. The summed E-state index contributed by atoms with van der Waals surface area (Å²) in [5.74, 6) is 0.270. The number of hydrogen-bond donors (Lipinski definition) is 1. The van der Waals surface area contributed by atoms with E-state index < -0.39 is 0 Å². The lowest BCUT2D eigenvalue weighted by Gasteiger charge is -2.35. The summed E-state index contributed by atoms with van der Waals surface area (Å²) in [5.41, 5.74) is 1.79. The van der Waals surface area contributed by atoms with E-state index in [1.54, 1.807) is 36.5 Å². The van der Waals surface area contributed by atoms with Crippen molar-refractivity contribution >= 4 is 23.4 Å². The Morgan fingerprint density at radius 1 is 1.22 bits per heavy atom. The van der Waals surface area contributed by atoms with Gasteiger partial charge in [0, 0.05) is 24.5 Å². The lowest BCUT2D eigenvalue weighted by atomic mass is 9.99. The summed E-state index contributed by atoms with van der Waals surface area (Å²) < 4.78 is 4.73. The zero-order valence-corrected chi connectivity index (χ0v) is 15.8. The Morgan fingerprint density at radius 2 is 2.07 bits per heavy atom. The molecule has 2 heterocycles. The summed E-state index contributed by atoms with van der Waals surface area (Å²) >= 11 is 0. The third-order valence-electron chi connectivity index (χ3n) is 4.93. The molecule has 6 nitrogen and oxygen atoms in total. The fourth-order valence-electron chi connectivity index (χ4n) is 3.44. The Kier molecular flexibility index (Phi) is 6.06. The topological polar surface area (TPSA) is 71.5 Å². The maximum absolute atomic E-state index is 12.8.